The van der Waals surface area contributed by atoms with E-state index in [1.165, 1.54) is 0 Å². The predicted octanol–water partition coefficient (Wildman–Crippen LogP) is 1.86. The van der Waals surface area contributed by atoms with E-state index in [1.807, 2.05) is 18.2 Å². The van der Waals surface area contributed by atoms with Crippen molar-refractivity contribution < 1.29 is 18.9 Å². The van der Waals surface area contributed by atoms with Crippen LogP contribution in [-0.4, -0.2) is 18.9 Å². The molecule has 0 spiro atoms. The van der Waals surface area contributed by atoms with Crippen molar-refractivity contribution in [2.75, 3.05) is 13.9 Å². The van der Waals surface area contributed by atoms with Gasteiger partial charge in [0.15, 0.2) is 11.5 Å². The van der Waals surface area contributed by atoms with E-state index in [1.54, 1.807) is 19.2 Å². The van der Waals surface area contributed by atoms with Gasteiger partial charge in [0.05, 0.1) is 12.8 Å². The van der Waals surface area contributed by atoms with Crippen LogP contribution < -0.4 is 24.7 Å². The van der Waals surface area contributed by atoms with Crippen LogP contribution in [0.5, 0.6) is 23.1 Å². The van der Waals surface area contributed by atoms with E-state index in [2.05, 4.69) is 4.98 Å². The number of aromatic nitrogens is 1. The summed E-state index contributed by atoms with van der Waals surface area (Å²) in [4.78, 5) is 4.30. The summed E-state index contributed by atoms with van der Waals surface area (Å²) in [5.41, 5.74) is 7.38. The van der Waals surface area contributed by atoms with Gasteiger partial charge in [0.1, 0.15) is 12.4 Å². The summed E-state index contributed by atoms with van der Waals surface area (Å²) in [5, 5.41) is 0. The third-order valence-corrected chi connectivity index (χ3v) is 3.14. The van der Waals surface area contributed by atoms with E-state index in [4.69, 9.17) is 24.7 Å². The maximum Gasteiger partial charge on any atom is 0.231 e. The monoisotopic (exact) mass is 288 g/mol. The molecule has 6 nitrogen and oxygen atoms in total. The third kappa shape index (κ3) is 2.85. The standard InChI is InChI=1S/C15H16N2O4/c1-18-15-4-2-3-11(17-15)8-19-12-6-14-13(20-9-21-14)5-10(12)7-16/h2-6H,7-9,16H2,1H3. The molecule has 21 heavy (non-hydrogen) atoms. The molecule has 1 aliphatic rings. The number of hydrogen-bond donors (Lipinski definition) is 1. The molecule has 0 saturated carbocycles. The number of ether oxygens (including phenoxy) is 4. The molecular weight excluding hydrogens is 272 g/mol. The van der Waals surface area contributed by atoms with Gasteiger partial charge in [0, 0.05) is 24.2 Å². The smallest absolute Gasteiger partial charge is 0.231 e. The van der Waals surface area contributed by atoms with Gasteiger partial charge < -0.3 is 24.7 Å². The second kappa shape index (κ2) is 5.88. The molecule has 0 radical (unpaired) electrons. The van der Waals surface area contributed by atoms with Crippen molar-refractivity contribution in [1.82, 2.24) is 4.98 Å². The SMILES string of the molecule is COc1cccc(COc2cc3c(cc2CN)OCO3)n1. The van der Waals surface area contributed by atoms with Gasteiger partial charge in [0.2, 0.25) is 12.7 Å². The normalized spacial score (nSPS) is 12.3. The molecule has 1 aromatic carbocycles. The van der Waals surface area contributed by atoms with Crippen molar-refractivity contribution >= 4 is 0 Å². The number of fused-ring (bicyclic) bond motifs is 1. The van der Waals surface area contributed by atoms with E-state index >= 15 is 0 Å². The number of nitrogens with two attached hydrogens (primary N) is 1. The van der Waals surface area contributed by atoms with Gasteiger partial charge in [-0.25, -0.2) is 4.98 Å². The van der Waals surface area contributed by atoms with Crippen LogP contribution in [-0.2, 0) is 13.2 Å². The van der Waals surface area contributed by atoms with Gasteiger partial charge in [-0.2, -0.15) is 0 Å². The first-order valence-corrected chi connectivity index (χ1v) is 6.55. The highest BCUT2D eigenvalue weighted by Crippen LogP contribution is 2.38. The Kier molecular flexibility index (Phi) is 3.79. The summed E-state index contributed by atoms with van der Waals surface area (Å²) in [6.07, 6.45) is 0. The van der Waals surface area contributed by atoms with Crippen LogP contribution >= 0.6 is 0 Å². The Hall–Kier alpha value is -2.47. The summed E-state index contributed by atoms with van der Waals surface area (Å²) in [6, 6.07) is 9.17. The Labute approximate surface area is 122 Å². The minimum absolute atomic E-state index is 0.222. The van der Waals surface area contributed by atoms with Crippen molar-refractivity contribution in [1.29, 1.82) is 0 Å². The second-order valence-corrected chi connectivity index (χ2v) is 4.48. The van der Waals surface area contributed by atoms with Crippen LogP contribution in [0, 0.1) is 0 Å². The van der Waals surface area contributed by atoms with Crippen LogP contribution in [0.2, 0.25) is 0 Å². The highest BCUT2D eigenvalue weighted by Gasteiger charge is 2.17. The van der Waals surface area contributed by atoms with Crippen LogP contribution in [0.25, 0.3) is 0 Å². The summed E-state index contributed by atoms with van der Waals surface area (Å²) < 4.78 is 21.6. The highest BCUT2D eigenvalue weighted by molar-refractivity contribution is 5.51. The largest absolute Gasteiger partial charge is 0.487 e. The minimum Gasteiger partial charge on any atom is -0.487 e. The number of hydrogen-bond acceptors (Lipinski definition) is 6. The van der Waals surface area contributed by atoms with Gasteiger partial charge in [-0.1, -0.05) is 6.07 Å². The molecule has 0 amide bonds. The number of pyridine rings is 1. The fraction of sp³-hybridized carbons (Fsp3) is 0.267. The van der Waals surface area contributed by atoms with E-state index in [0.29, 0.717) is 36.3 Å². The predicted molar refractivity (Wildman–Crippen MR) is 75.6 cm³/mol. The van der Waals surface area contributed by atoms with Crippen LogP contribution in [0.1, 0.15) is 11.3 Å². The molecule has 2 heterocycles. The molecule has 0 atom stereocenters. The van der Waals surface area contributed by atoms with Crippen molar-refractivity contribution in [2.24, 2.45) is 5.73 Å². The number of benzene rings is 1. The lowest BCUT2D eigenvalue weighted by Crippen LogP contribution is -2.04. The van der Waals surface area contributed by atoms with E-state index in [9.17, 15) is 0 Å². The molecule has 0 unspecified atom stereocenters. The Morgan fingerprint density at radius 2 is 2.05 bits per heavy atom. The summed E-state index contributed by atoms with van der Waals surface area (Å²) in [6.45, 7) is 0.904. The molecule has 0 aliphatic carbocycles. The van der Waals surface area contributed by atoms with E-state index < -0.39 is 0 Å². The summed E-state index contributed by atoms with van der Waals surface area (Å²) in [5.74, 6) is 2.59. The molecule has 6 heteroatoms. The molecule has 3 rings (SSSR count). The number of rotatable bonds is 5. The maximum atomic E-state index is 5.81. The zero-order valence-corrected chi connectivity index (χ0v) is 11.7. The lowest BCUT2D eigenvalue weighted by Gasteiger charge is -2.11. The topological polar surface area (TPSA) is 75.8 Å². The molecule has 1 aliphatic heterocycles. The lowest BCUT2D eigenvalue weighted by molar-refractivity contribution is 0.173. The van der Waals surface area contributed by atoms with Crippen molar-refractivity contribution in [3.8, 4) is 23.1 Å². The Morgan fingerprint density at radius 3 is 2.81 bits per heavy atom. The zero-order chi connectivity index (χ0) is 14.7. The van der Waals surface area contributed by atoms with Gasteiger partial charge in [-0.15, -0.1) is 0 Å². The summed E-state index contributed by atoms with van der Waals surface area (Å²) in [7, 11) is 1.58. The number of methoxy groups -OCH3 is 1. The average Bonchev–Trinajstić information content (AvgIpc) is 2.99. The molecule has 0 fully saturated rings. The lowest BCUT2D eigenvalue weighted by atomic mass is 10.2. The van der Waals surface area contributed by atoms with Crippen LogP contribution in [0.4, 0.5) is 0 Å². The maximum absolute atomic E-state index is 5.81. The third-order valence-electron chi connectivity index (χ3n) is 3.14. The van der Waals surface area contributed by atoms with Crippen LogP contribution in [0.15, 0.2) is 30.3 Å². The minimum atomic E-state index is 0.222. The van der Waals surface area contributed by atoms with Gasteiger partial charge in [-0.3, -0.25) is 0 Å². The molecule has 2 aromatic rings. The van der Waals surface area contributed by atoms with Crippen LogP contribution in [0.3, 0.4) is 0 Å². The quantitative estimate of drug-likeness (QED) is 0.905. The summed E-state index contributed by atoms with van der Waals surface area (Å²) >= 11 is 0. The van der Waals surface area contributed by atoms with Gasteiger partial charge >= 0.3 is 0 Å². The molecule has 2 N–H and O–H groups in total. The first-order chi connectivity index (χ1) is 10.3. The van der Waals surface area contributed by atoms with Gasteiger partial charge in [-0.05, 0) is 12.1 Å². The fourth-order valence-corrected chi connectivity index (χ4v) is 2.06. The van der Waals surface area contributed by atoms with Crippen molar-refractivity contribution in [3.63, 3.8) is 0 Å². The second-order valence-electron chi connectivity index (χ2n) is 4.48. The highest BCUT2D eigenvalue weighted by atomic mass is 16.7. The average molecular weight is 288 g/mol. The van der Waals surface area contributed by atoms with Crippen molar-refractivity contribution in [2.45, 2.75) is 13.2 Å². The molecule has 110 valence electrons. The Balaban J connectivity index is 1.78. The van der Waals surface area contributed by atoms with E-state index in [0.717, 1.165) is 11.3 Å². The van der Waals surface area contributed by atoms with E-state index in [-0.39, 0.29) is 6.79 Å². The molecule has 1 aromatic heterocycles. The Morgan fingerprint density at radius 1 is 1.24 bits per heavy atom. The number of nitrogens with zero attached hydrogens (tertiary/aromatic N) is 1. The first-order valence-electron chi connectivity index (χ1n) is 6.55. The molecule has 0 bridgehead atoms. The molecule has 0 saturated heterocycles. The van der Waals surface area contributed by atoms with Gasteiger partial charge in [0.25, 0.3) is 0 Å². The Bertz CT molecular complexity index is 646. The first kappa shape index (κ1) is 13.5. The zero-order valence-electron chi connectivity index (χ0n) is 11.7. The van der Waals surface area contributed by atoms with Crippen molar-refractivity contribution in [3.05, 3.63) is 41.6 Å². The molecular formula is C15H16N2O4. The fourth-order valence-electron chi connectivity index (χ4n) is 2.06.